The van der Waals surface area contributed by atoms with Gasteiger partial charge in [0.15, 0.2) is 0 Å². The minimum atomic E-state index is -0.441. The standard InChI is InChI=1S/C25H33N5O3/c31-23-7-12-29(11-6-22(23)30-10-5-18-3-1-2-4-19(18)16-30)25(32)21-15-24(27-17-26-21)28-20-8-13-33-14-9-20/h1-4,15,17,20,22-23,31H,5-14,16H2,(H,26,27,28)/t22-,23-/m1/s1. The van der Waals surface area contributed by atoms with Crippen molar-refractivity contribution >= 4 is 11.7 Å². The van der Waals surface area contributed by atoms with Crippen LogP contribution in [0.2, 0.25) is 0 Å². The SMILES string of the molecule is O=C(c1cc(NC2CCOCC2)ncn1)N1CC[C@@H](O)[C@H](N2CCc3ccccc3C2)CC1. The monoisotopic (exact) mass is 451 g/mol. The van der Waals surface area contributed by atoms with Gasteiger partial charge in [0.05, 0.1) is 6.10 Å². The van der Waals surface area contributed by atoms with E-state index in [-0.39, 0.29) is 11.9 Å². The summed E-state index contributed by atoms with van der Waals surface area (Å²) in [5.41, 5.74) is 3.15. The number of hydrogen-bond donors (Lipinski definition) is 2. The fraction of sp³-hybridized carbons (Fsp3) is 0.560. The lowest BCUT2D eigenvalue weighted by atomic mass is 9.96. The Labute approximate surface area is 195 Å². The Hall–Kier alpha value is -2.55. The van der Waals surface area contributed by atoms with Crippen LogP contribution in [0.3, 0.4) is 0 Å². The fourth-order valence-corrected chi connectivity index (χ4v) is 5.27. The zero-order valence-electron chi connectivity index (χ0n) is 19.0. The molecule has 0 saturated carbocycles. The molecule has 176 valence electrons. The van der Waals surface area contributed by atoms with Crippen LogP contribution < -0.4 is 5.32 Å². The van der Waals surface area contributed by atoms with E-state index in [1.165, 1.54) is 17.5 Å². The second-order valence-electron chi connectivity index (χ2n) is 9.31. The lowest BCUT2D eigenvalue weighted by Gasteiger charge is -2.37. The Morgan fingerprint density at radius 3 is 2.67 bits per heavy atom. The van der Waals surface area contributed by atoms with Gasteiger partial charge in [-0.3, -0.25) is 9.69 Å². The number of rotatable bonds is 4. The third-order valence-corrected chi connectivity index (χ3v) is 7.21. The van der Waals surface area contributed by atoms with E-state index in [0.29, 0.717) is 37.1 Å². The van der Waals surface area contributed by atoms with E-state index < -0.39 is 6.10 Å². The number of carbonyl (C=O) groups is 1. The number of aliphatic hydroxyl groups is 1. The number of nitrogens with zero attached hydrogens (tertiary/aromatic N) is 4. The topological polar surface area (TPSA) is 90.8 Å². The van der Waals surface area contributed by atoms with Crippen molar-refractivity contribution in [1.29, 1.82) is 0 Å². The highest BCUT2D eigenvalue weighted by Gasteiger charge is 2.33. The van der Waals surface area contributed by atoms with Crippen LogP contribution >= 0.6 is 0 Å². The maximum atomic E-state index is 13.2. The summed E-state index contributed by atoms with van der Waals surface area (Å²) in [5, 5.41) is 14.3. The molecule has 2 aromatic rings. The van der Waals surface area contributed by atoms with E-state index in [9.17, 15) is 9.90 Å². The second kappa shape index (κ2) is 10.2. The number of fused-ring (bicyclic) bond motifs is 1. The molecule has 0 aliphatic carbocycles. The lowest BCUT2D eigenvalue weighted by Crippen LogP contribution is -2.46. The van der Waals surface area contributed by atoms with Crippen molar-refractivity contribution in [2.75, 3.05) is 38.2 Å². The molecular weight excluding hydrogens is 418 g/mol. The zero-order valence-corrected chi connectivity index (χ0v) is 19.0. The van der Waals surface area contributed by atoms with Gasteiger partial charge in [0.25, 0.3) is 5.91 Å². The molecule has 4 heterocycles. The first-order valence-corrected chi connectivity index (χ1v) is 12.1. The highest BCUT2D eigenvalue weighted by atomic mass is 16.5. The molecule has 2 atom stereocenters. The highest BCUT2D eigenvalue weighted by Crippen LogP contribution is 2.26. The third-order valence-electron chi connectivity index (χ3n) is 7.21. The first-order chi connectivity index (χ1) is 16.2. The molecular formula is C25H33N5O3. The molecule has 3 aliphatic heterocycles. The van der Waals surface area contributed by atoms with Gasteiger partial charge in [-0.05, 0) is 43.2 Å². The van der Waals surface area contributed by atoms with Crippen LogP contribution in [-0.2, 0) is 17.7 Å². The van der Waals surface area contributed by atoms with Crippen LogP contribution in [0.15, 0.2) is 36.7 Å². The number of anilines is 1. The number of likely N-dealkylation sites (tertiary alicyclic amines) is 1. The van der Waals surface area contributed by atoms with Gasteiger partial charge in [0.1, 0.15) is 17.8 Å². The molecule has 0 spiro atoms. The van der Waals surface area contributed by atoms with Gasteiger partial charge in [-0.2, -0.15) is 0 Å². The predicted molar refractivity (Wildman–Crippen MR) is 125 cm³/mol. The first-order valence-electron chi connectivity index (χ1n) is 12.1. The molecule has 2 N–H and O–H groups in total. The van der Waals surface area contributed by atoms with E-state index >= 15 is 0 Å². The quantitative estimate of drug-likeness (QED) is 0.736. The molecule has 5 rings (SSSR count). The molecule has 2 saturated heterocycles. The molecule has 3 aliphatic rings. The summed E-state index contributed by atoms with van der Waals surface area (Å²) in [7, 11) is 0. The summed E-state index contributed by atoms with van der Waals surface area (Å²) in [6, 6.07) is 10.7. The maximum Gasteiger partial charge on any atom is 0.272 e. The van der Waals surface area contributed by atoms with Crippen LogP contribution in [0.4, 0.5) is 5.82 Å². The molecule has 2 fully saturated rings. The summed E-state index contributed by atoms with van der Waals surface area (Å²) in [5.74, 6) is 0.587. The summed E-state index contributed by atoms with van der Waals surface area (Å²) in [6.45, 7) is 4.45. The van der Waals surface area contributed by atoms with Gasteiger partial charge in [-0.15, -0.1) is 0 Å². The number of aromatic nitrogens is 2. The van der Waals surface area contributed by atoms with Gasteiger partial charge in [-0.1, -0.05) is 24.3 Å². The Balaban J connectivity index is 1.22. The number of carbonyl (C=O) groups excluding carboxylic acids is 1. The first kappa shape index (κ1) is 22.3. The molecule has 0 radical (unpaired) electrons. The normalized spacial score (nSPS) is 24.7. The van der Waals surface area contributed by atoms with Crippen molar-refractivity contribution in [3.63, 3.8) is 0 Å². The van der Waals surface area contributed by atoms with Crippen molar-refractivity contribution < 1.29 is 14.6 Å². The maximum absolute atomic E-state index is 13.2. The van der Waals surface area contributed by atoms with E-state index in [2.05, 4.69) is 44.5 Å². The molecule has 1 aromatic carbocycles. The van der Waals surface area contributed by atoms with E-state index in [1.807, 2.05) is 4.90 Å². The highest BCUT2D eigenvalue weighted by molar-refractivity contribution is 5.92. The van der Waals surface area contributed by atoms with Crippen LogP contribution in [0.25, 0.3) is 0 Å². The van der Waals surface area contributed by atoms with Gasteiger partial charge in [-0.25, -0.2) is 9.97 Å². The van der Waals surface area contributed by atoms with Crippen LogP contribution in [0.5, 0.6) is 0 Å². The van der Waals surface area contributed by atoms with E-state index in [1.54, 1.807) is 6.07 Å². The summed E-state index contributed by atoms with van der Waals surface area (Å²) < 4.78 is 5.41. The second-order valence-corrected chi connectivity index (χ2v) is 9.31. The van der Waals surface area contributed by atoms with Gasteiger partial charge >= 0.3 is 0 Å². The Morgan fingerprint density at radius 1 is 1.03 bits per heavy atom. The van der Waals surface area contributed by atoms with Crippen molar-refractivity contribution in [3.05, 3.63) is 53.5 Å². The third kappa shape index (κ3) is 5.18. The molecule has 0 bridgehead atoms. The minimum Gasteiger partial charge on any atom is -0.391 e. The Morgan fingerprint density at radius 2 is 1.82 bits per heavy atom. The smallest absolute Gasteiger partial charge is 0.272 e. The lowest BCUT2D eigenvalue weighted by molar-refractivity contribution is 0.0394. The summed E-state index contributed by atoms with van der Waals surface area (Å²) in [4.78, 5) is 26.0. The predicted octanol–water partition coefficient (Wildman–Crippen LogP) is 2.09. The van der Waals surface area contributed by atoms with Crippen LogP contribution in [0, 0.1) is 0 Å². The molecule has 0 unspecified atom stereocenters. The van der Waals surface area contributed by atoms with Crippen molar-refractivity contribution in [1.82, 2.24) is 19.8 Å². The Bertz CT molecular complexity index is 965. The average Bonchev–Trinajstić information content (AvgIpc) is 3.05. The summed E-state index contributed by atoms with van der Waals surface area (Å²) >= 11 is 0. The molecule has 8 nitrogen and oxygen atoms in total. The molecule has 8 heteroatoms. The fourth-order valence-electron chi connectivity index (χ4n) is 5.27. The zero-order chi connectivity index (χ0) is 22.6. The number of nitrogens with one attached hydrogen (secondary N) is 1. The van der Waals surface area contributed by atoms with Gasteiger partial charge in [0, 0.05) is 57.5 Å². The molecule has 1 aromatic heterocycles. The van der Waals surface area contributed by atoms with Gasteiger partial charge in [0.2, 0.25) is 0 Å². The molecule has 1 amide bonds. The minimum absolute atomic E-state index is 0.0623. The Kier molecular flexibility index (Phi) is 6.85. The van der Waals surface area contributed by atoms with Crippen molar-refractivity contribution in [2.24, 2.45) is 0 Å². The number of aliphatic hydroxyl groups excluding tert-OH is 1. The van der Waals surface area contributed by atoms with Gasteiger partial charge < -0.3 is 20.1 Å². The average molecular weight is 452 g/mol. The number of amides is 1. The van der Waals surface area contributed by atoms with Crippen LogP contribution in [0.1, 0.15) is 47.3 Å². The van der Waals surface area contributed by atoms with Crippen LogP contribution in [-0.4, -0.2) is 81.8 Å². The van der Waals surface area contributed by atoms with E-state index in [0.717, 1.165) is 52.0 Å². The number of ether oxygens (including phenoxy) is 1. The largest absolute Gasteiger partial charge is 0.391 e. The number of benzene rings is 1. The number of hydrogen-bond acceptors (Lipinski definition) is 7. The summed E-state index contributed by atoms with van der Waals surface area (Å²) in [6.07, 6.45) is 5.21. The van der Waals surface area contributed by atoms with E-state index in [4.69, 9.17) is 4.74 Å². The van der Waals surface area contributed by atoms with Crippen molar-refractivity contribution in [2.45, 2.75) is 56.8 Å². The van der Waals surface area contributed by atoms with Crippen molar-refractivity contribution in [3.8, 4) is 0 Å². The molecule has 33 heavy (non-hydrogen) atoms.